The average Bonchev–Trinajstić information content (AvgIpc) is 2.73. The van der Waals surface area contributed by atoms with Crippen molar-refractivity contribution in [3.8, 4) is 11.5 Å². The van der Waals surface area contributed by atoms with Crippen molar-refractivity contribution in [3.05, 3.63) is 57.1 Å². The Balaban J connectivity index is 2.06. The third-order valence-electron chi connectivity index (χ3n) is 3.95. The Kier molecular flexibility index (Phi) is 8.85. The molecule has 0 radical (unpaired) electrons. The molecule has 0 aromatic heterocycles. The summed E-state index contributed by atoms with van der Waals surface area (Å²) in [6.45, 7) is 1.11. The van der Waals surface area contributed by atoms with E-state index in [1.807, 2.05) is 0 Å². The van der Waals surface area contributed by atoms with E-state index in [0.29, 0.717) is 6.07 Å². The first kappa shape index (κ1) is 25.7. The number of nitrogens with zero attached hydrogens (tertiary/aromatic N) is 1. The van der Waals surface area contributed by atoms with Crippen molar-refractivity contribution < 1.29 is 41.9 Å². The largest absolute Gasteiger partial charge is 0.463 e. The molecule has 0 bridgehead atoms. The molecule has 0 saturated heterocycles. The van der Waals surface area contributed by atoms with Gasteiger partial charge in [0.2, 0.25) is 0 Å². The Hall–Kier alpha value is -3.54. The van der Waals surface area contributed by atoms with Gasteiger partial charge < -0.3 is 19.5 Å². The third kappa shape index (κ3) is 7.83. The van der Waals surface area contributed by atoms with E-state index in [2.05, 4.69) is 10.1 Å². The van der Waals surface area contributed by atoms with Crippen molar-refractivity contribution in [1.82, 2.24) is 0 Å². The Labute approximate surface area is 190 Å². The SMILES string of the molecule is CCOC(=O)COC(=O)CCNc1cc(Oc2ccc(C(F)(F)F)cc2Cl)ccc1[N+](=O)[O-]. The van der Waals surface area contributed by atoms with Crippen molar-refractivity contribution in [2.24, 2.45) is 0 Å². The van der Waals surface area contributed by atoms with E-state index in [9.17, 15) is 32.9 Å². The number of nitrogens with one attached hydrogen (secondary N) is 1. The molecule has 0 saturated carbocycles. The lowest BCUT2D eigenvalue weighted by molar-refractivity contribution is -0.384. The van der Waals surface area contributed by atoms with Crippen LogP contribution in [0.2, 0.25) is 5.02 Å². The summed E-state index contributed by atoms with van der Waals surface area (Å²) < 4.78 is 53.1. The minimum Gasteiger partial charge on any atom is -0.463 e. The van der Waals surface area contributed by atoms with Crippen molar-refractivity contribution in [3.63, 3.8) is 0 Å². The summed E-state index contributed by atoms with van der Waals surface area (Å²) in [5.74, 6) is -1.48. The smallest absolute Gasteiger partial charge is 0.416 e. The van der Waals surface area contributed by atoms with E-state index in [1.54, 1.807) is 6.92 Å². The fourth-order valence-corrected chi connectivity index (χ4v) is 2.70. The Morgan fingerprint density at radius 2 is 1.85 bits per heavy atom. The molecule has 0 amide bonds. The average molecular weight is 491 g/mol. The maximum Gasteiger partial charge on any atom is 0.416 e. The molecule has 2 rings (SSSR count). The van der Waals surface area contributed by atoms with Crippen molar-refractivity contribution >= 4 is 34.9 Å². The molecule has 0 unspecified atom stereocenters. The van der Waals surface area contributed by atoms with Crippen LogP contribution in [0.25, 0.3) is 0 Å². The molecule has 178 valence electrons. The first-order valence-electron chi connectivity index (χ1n) is 9.39. The van der Waals surface area contributed by atoms with Gasteiger partial charge in [-0.2, -0.15) is 13.2 Å². The van der Waals surface area contributed by atoms with E-state index in [1.165, 1.54) is 12.1 Å². The second-order valence-electron chi connectivity index (χ2n) is 6.32. The highest BCUT2D eigenvalue weighted by molar-refractivity contribution is 6.32. The van der Waals surface area contributed by atoms with Gasteiger partial charge in [-0.05, 0) is 31.2 Å². The number of benzene rings is 2. The molecule has 0 spiro atoms. The number of nitro benzene ring substituents is 1. The summed E-state index contributed by atoms with van der Waals surface area (Å²) in [7, 11) is 0. The summed E-state index contributed by atoms with van der Waals surface area (Å²) in [6, 6.07) is 6.10. The maximum atomic E-state index is 12.8. The highest BCUT2D eigenvalue weighted by atomic mass is 35.5. The number of carbonyl (C=O) groups is 2. The van der Waals surface area contributed by atoms with Crippen molar-refractivity contribution in [1.29, 1.82) is 0 Å². The molecule has 1 N–H and O–H groups in total. The second kappa shape index (κ2) is 11.4. The van der Waals surface area contributed by atoms with Crippen LogP contribution in [-0.2, 0) is 25.2 Å². The number of esters is 2. The zero-order valence-corrected chi connectivity index (χ0v) is 17.9. The first-order chi connectivity index (χ1) is 15.5. The van der Waals surface area contributed by atoms with Gasteiger partial charge in [0.05, 0.1) is 28.5 Å². The van der Waals surface area contributed by atoms with E-state index in [-0.39, 0.29) is 47.5 Å². The normalized spacial score (nSPS) is 10.9. The predicted octanol–water partition coefficient (Wildman–Crippen LogP) is 4.97. The third-order valence-corrected chi connectivity index (χ3v) is 4.25. The number of rotatable bonds is 10. The number of halogens is 4. The lowest BCUT2D eigenvalue weighted by atomic mass is 10.2. The summed E-state index contributed by atoms with van der Waals surface area (Å²) in [5, 5.41) is 13.7. The summed E-state index contributed by atoms with van der Waals surface area (Å²) in [6.07, 6.45) is -4.80. The van der Waals surface area contributed by atoms with Crippen LogP contribution in [0.4, 0.5) is 24.5 Å². The van der Waals surface area contributed by atoms with Gasteiger partial charge in [-0.3, -0.25) is 14.9 Å². The zero-order chi connectivity index (χ0) is 24.6. The first-order valence-corrected chi connectivity index (χ1v) is 9.77. The van der Waals surface area contributed by atoms with Crippen LogP contribution < -0.4 is 10.1 Å². The minimum atomic E-state index is -4.58. The van der Waals surface area contributed by atoms with E-state index >= 15 is 0 Å². The van der Waals surface area contributed by atoms with Gasteiger partial charge in [0, 0.05) is 18.7 Å². The highest BCUT2D eigenvalue weighted by Crippen LogP contribution is 2.37. The van der Waals surface area contributed by atoms with Crippen LogP contribution in [0.15, 0.2) is 36.4 Å². The number of anilines is 1. The molecular weight excluding hydrogens is 473 g/mol. The molecule has 0 heterocycles. The van der Waals surface area contributed by atoms with Gasteiger partial charge >= 0.3 is 18.1 Å². The van der Waals surface area contributed by atoms with E-state index in [0.717, 1.165) is 18.2 Å². The molecule has 0 atom stereocenters. The van der Waals surface area contributed by atoms with Crippen LogP contribution in [0.5, 0.6) is 11.5 Å². The van der Waals surface area contributed by atoms with E-state index in [4.69, 9.17) is 21.1 Å². The van der Waals surface area contributed by atoms with Gasteiger partial charge in [0.25, 0.3) is 5.69 Å². The maximum absolute atomic E-state index is 12.8. The van der Waals surface area contributed by atoms with E-state index < -0.39 is 35.2 Å². The number of ether oxygens (including phenoxy) is 3. The quantitative estimate of drug-likeness (QED) is 0.282. The van der Waals surface area contributed by atoms with Crippen LogP contribution in [0.1, 0.15) is 18.9 Å². The fourth-order valence-electron chi connectivity index (χ4n) is 2.48. The molecule has 2 aromatic rings. The molecule has 0 aliphatic heterocycles. The van der Waals surface area contributed by atoms with Crippen LogP contribution in [-0.4, -0.2) is 36.6 Å². The summed E-state index contributed by atoms with van der Waals surface area (Å²) >= 11 is 5.86. The Bertz CT molecular complexity index is 1030. The second-order valence-corrected chi connectivity index (χ2v) is 6.73. The molecule has 33 heavy (non-hydrogen) atoms. The molecule has 0 aliphatic carbocycles. The lowest BCUT2D eigenvalue weighted by Crippen LogP contribution is -2.18. The van der Waals surface area contributed by atoms with Crippen LogP contribution >= 0.6 is 11.6 Å². The monoisotopic (exact) mass is 490 g/mol. The Morgan fingerprint density at radius 3 is 2.45 bits per heavy atom. The standard InChI is InChI=1S/C20H18ClF3N2O7/c1-2-31-19(28)11-32-18(27)7-8-25-15-10-13(4-5-16(15)26(29)30)33-17-6-3-12(9-14(17)21)20(22,23)24/h3-6,9-10,25H,2,7-8,11H2,1H3. The summed E-state index contributed by atoms with van der Waals surface area (Å²) in [5.41, 5.74) is -1.31. The lowest BCUT2D eigenvalue weighted by Gasteiger charge is -2.13. The van der Waals surface area contributed by atoms with Crippen LogP contribution in [0.3, 0.4) is 0 Å². The molecule has 0 fully saturated rings. The van der Waals surface area contributed by atoms with Crippen molar-refractivity contribution in [2.45, 2.75) is 19.5 Å². The molecule has 2 aromatic carbocycles. The molecular formula is C20H18ClF3N2O7. The number of carbonyl (C=O) groups excluding carboxylic acids is 2. The summed E-state index contributed by atoms with van der Waals surface area (Å²) in [4.78, 5) is 33.5. The number of alkyl halides is 3. The number of hydrogen-bond donors (Lipinski definition) is 1. The van der Waals surface area contributed by atoms with Gasteiger partial charge in [-0.25, -0.2) is 4.79 Å². The Morgan fingerprint density at radius 1 is 1.12 bits per heavy atom. The number of hydrogen-bond acceptors (Lipinski definition) is 8. The topological polar surface area (TPSA) is 117 Å². The highest BCUT2D eigenvalue weighted by Gasteiger charge is 2.31. The molecule has 13 heteroatoms. The van der Waals surface area contributed by atoms with Gasteiger partial charge in [0.15, 0.2) is 6.61 Å². The van der Waals surface area contributed by atoms with Gasteiger partial charge in [0.1, 0.15) is 17.2 Å². The van der Waals surface area contributed by atoms with Crippen LogP contribution in [0, 0.1) is 10.1 Å². The zero-order valence-electron chi connectivity index (χ0n) is 17.1. The fraction of sp³-hybridized carbons (Fsp3) is 0.300. The molecule has 0 aliphatic rings. The van der Waals surface area contributed by atoms with Gasteiger partial charge in [-0.15, -0.1) is 0 Å². The molecule has 9 nitrogen and oxygen atoms in total. The van der Waals surface area contributed by atoms with Crippen molar-refractivity contribution in [2.75, 3.05) is 25.1 Å². The van der Waals surface area contributed by atoms with Gasteiger partial charge in [-0.1, -0.05) is 11.6 Å². The minimum absolute atomic E-state index is 0.0151. The number of nitro groups is 1. The predicted molar refractivity (Wildman–Crippen MR) is 110 cm³/mol.